The molecule has 0 spiro atoms. The minimum atomic E-state index is -0.867. The first-order valence-corrected chi connectivity index (χ1v) is 6.54. The van der Waals surface area contributed by atoms with E-state index in [0.717, 1.165) is 32.2 Å². The lowest BCUT2D eigenvalue weighted by molar-refractivity contribution is -0.137. The normalized spacial score (nSPS) is 20.8. The number of carbonyl (C=O) groups is 2. The van der Waals surface area contributed by atoms with Crippen LogP contribution >= 0.6 is 0 Å². The first-order chi connectivity index (χ1) is 8.58. The minimum Gasteiger partial charge on any atom is -0.481 e. The van der Waals surface area contributed by atoms with E-state index in [9.17, 15) is 9.59 Å². The third-order valence-corrected chi connectivity index (χ3v) is 3.64. The Kier molecular flexibility index (Phi) is 4.06. The fourth-order valence-corrected chi connectivity index (χ4v) is 2.32. The lowest BCUT2D eigenvalue weighted by Gasteiger charge is -2.36. The summed E-state index contributed by atoms with van der Waals surface area (Å²) < 4.78 is 0. The molecule has 1 saturated carbocycles. The molecule has 2 amide bonds. The highest BCUT2D eigenvalue weighted by molar-refractivity contribution is 5.75. The quantitative estimate of drug-likeness (QED) is 0.784. The number of rotatable bonds is 4. The van der Waals surface area contributed by atoms with Crippen LogP contribution in [0, 0.1) is 0 Å². The predicted molar refractivity (Wildman–Crippen MR) is 66.4 cm³/mol. The number of amides is 2. The van der Waals surface area contributed by atoms with Gasteiger partial charge in [0.2, 0.25) is 0 Å². The molecule has 2 rings (SSSR count). The Morgan fingerprint density at radius 2 is 1.83 bits per heavy atom. The molecule has 102 valence electrons. The van der Waals surface area contributed by atoms with Gasteiger partial charge < -0.3 is 14.9 Å². The molecule has 1 N–H and O–H groups in total. The maximum absolute atomic E-state index is 12.0. The lowest BCUT2D eigenvalue weighted by atomic mass is 10.3. The third-order valence-electron chi connectivity index (χ3n) is 3.64. The zero-order chi connectivity index (χ0) is 13.1. The fourth-order valence-electron chi connectivity index (χ4n) is 2.32. The average molecular weight is 255 g/mol. The first kappa shape index (κ1) is 13.1. The van der Waals surface area contributed by atoms with Crippen molar-refractivity contribution in [2.75, 3.05) is 39.8 Å². The van der Waals surface area contributed by atoms with E-state index in [0.29, 0.717) is 0 Å². The molecule has 18 heavy (non-hydrogen) atoms. The third kappa shape index (κ3) is 3.35. The number of carboxylic acids is 1. The highest BCUT2D eigenvalue weighted by Gasteiger charge is 2.32. The van der Waals surface area contributed by atoms with Crippen LogP contribution in [0.3, 0.4) is 0 Å². The number of nitrogens with zero attached hydrogens (tertiary/aromatic N) is 3. The van der Waals surface area contributed by atoms with Crippen LogP contribution in [0.15, 0.2) is 0 Å². The number of hydrogen-bond acceptors (Lipinski definition) is 3. The molecule has 1 aliphatic heterocycles. The van der Waals surface area contributed by atoms with Gasteiger partial charge in [0.05, 0.1) is 6.42 Å². The first-order valence-electron chi connectivity index (χ1n) is 6.54. The number of carbonyl (C=O) groups excluding carboxylic acids is 1. The van der Waals surface area contributed by atoms with Crippen LogP contribution in [0.5, 0.6) is 0 Å². The molecule has 0 bridgehead atoms. The van der Waals surface area contributed by atoms with E-state index in [1.54, 1.807) is 7.05 Å². The van der Waals surface area contributed by atoms with Gasteiger partial charge in [0, 0.05) is 45.8 Å². The van der Waals surface area contributed by atoms with Gasteiger partial charge in [-0.25, -0.2) is 4.79 Å². The van der Waals surface area contributed by atoms with Gasteiger partial charge in [-0.3, -0.25) is 9.69 Å². The molecule has 1 saturated heterocycles. The zero-order valence-electron chi connectivity index (χ0n) is 10.8. The van der Waals surface area contributed by atoms with Gasteiger partial charge in [-0.15, -0.1) is 0 Å². The molecule has 0 aromatic heterocycles. The summed E-state index contributed by atoms with van der Waals surface area (Å²) in [6.45, 7) is 3.68. The largest absolute Gasteiger partial charge is 0.481 e. The monoisotopic (exact) mass is 255 g/mol. The van der Waals surface area contributed by atoms with Crippen LogP contribution < -0.4 is 0 Å². The SMILES string of the molecule is CN(CCC(=O)O)C(=O)N1CCN(C2CC2)CC1. The van der Waals surface area contributed by atoms with Crippen LogP contribution in [0.1, 0.15) is 19.3 Å². The minimum absolute atomic E-state index is 0.00425. The van der Waals surface area contributed by atoms with Gasteiger partial charge in [0.1, 0.15) is 0 Å². The smallest absolute Gasteiger partial charge is 0.319 e. The molecule has 1 aliphatic carbocycles. The van der Waals surface area contributed by atoms with Crippen molar-refractivity contribution < 1.29 is 14.7 Å². The highest BCUT2D eigenvalue weighted by Crippen LogP contribution is 2.27. The average Bonchev–Trinajstić information content (AvgIpc) is 3.19. The summed E-state index contributed by atoms with van der Waals surface area (Å²) in [6.07, 6.45) is 2.60. The second kappa shape index (κ2) is 5.56. The number of carboxylic acid groups (broad SMARTS) is 1. The van der Waals surface area contributed by atoms with E-state index in [4.69, 9.17) is 5.11 Å². The maximum atomic E-state index is 12.0. The van der Waals surface area contributed by atoms with E-state index >= 15 is 0 Å². The molecule has 0 aromatic rings. The molecule has 0 radical (unpaired) electrons. The van der Waals surface area contributed by atoms with Crippen molar-refractivity contribution in [3.63, 3.8) is 0 Å². The van der Waals surface area contributed by atoms with E-state index < -0.39 is 5.97 Å². The van der Waals surface area contributed by atoms with Gasteiger partial charge in [-0.2, -0.15) is 0 Å². The highest BCUT2D eigenvalue weighted by atomic mass is 16.4. The number of aliphatic carboxylic acids is 1. The topological polar surface area (TPSA) is 64.1 Å². The summed E-state index contributed by atoms with van der Waals surface area (Å²) in [5.74, 6) is -0.867. The molecular formula is C12H21N3O3. The van der Waals surface area contributed by atoms with Crippen LogP contribution in [-0.4, -0.2) is 77.6 Å². The molecule has 1 heterocycles. The Morgan fingerprint density at radius 3 is 2.33 bits per heavy atom. The van der Waals surface area contributed by atoms with Gasteiger partial charge in [0.15, 0.2) is 0 Å². The van der Waals surface area contributed by atoms with E-state index in [1.807, 2.05) is 4.90 Å². The van der Waals surface area contributed by atoms with Crippen molar-refractivity contribution in [3.8, 4) is 0 Å². The Bertz CT molecular complexity index is 323. The van der Waals surface area contributed by atoms with Gasteiger partial charge in [-0.05, 0) is 12.8 Å². The Morgan fingerprint density at radius 1 is 1.22 bits per heavy atom. The summed E-state index contributed by atoms with van der Waals surface area (Å²) in [7, 11) is 1.67. The van der Waals surface area contributed by atoms with Crippen molar-refractivity contribution >= 4 is 12.0 Å². The molecule has 2 aliphatic rings. The number of urea groups is 1. The Hall–Kier alpha value is -1.30. The molecule has 0 unspecified atom stereocenters. The van der Waals surface area contributed by atoms with Crippen molar-refractivity contribution in [1.82, 2.24) is 14.7 Å². The van der Waals surface area contributed by atoms with Crippen molar-refractivity contribution in [2.45, 2.75) is 25.3 Å². The fraction of sp³-hybridized carbons (Fsp3) is 0.833. The summed E-state index contributed by atoms with van der Waals surface area (Å²) in [6, 6.07) is 0.707. The zero-order valence-corrected chi connectivity index (χ0v) is 10.8. The van der Waals surface area contributed by atoms with Crippen LogP contribution in [0.25, 0.3) is 0 Å². The summed E-state index contributed by atoms with van der Waals surface area (Å²) in [5, 5.41) is 8.60. The van der Waals surface area contributed by atoms with E-state index in [-0.39, 0.29) is 19.0 Å². The van der Waals surface area contributed by atoms with E-state index in [1.165, 1.54) is 17.7 Å². The van der Waals surface area contributed by atoms with Gasteiger partial charge in [0.25, 0.3) is 0 Å². The molecule has 6 nitrogen and oxygen atoms in total. The Labute approximate surface area is 107 Å². The standard InChI is InChI=1S/C12H21N3O3/c1-13(5-4-11(16)17)12(18)15-8-6-14(7-9-15)10-2-3-10/h10H,2-9H2,1H3,(H,16,17). The summed E-state index contributed by atoms with van der Waals surface area (Å²) in [4.78, 5) is 28.3. The van der Waals surface area contributed by atoms with Crippen LogP contribution in [0.4, 0.5) is 4.79 Å². The second-order valence-corrected chi connectivity index (χ2v) is 5.10. The predicted octanol–water partition coefficient (Wildman–Crippen LogP) is 0.293. The summed E-state index contributed by atoms with van der Waals surface area (Å²) >= 11 is 0. The van der Waals surface area contributed by atoms with E-state index in [2.05, 4.69) is 4.90 Å². The number of piperazine rings is 1. The molecular weight excluding hydrogens is 234 g/mol. The van der Waals surface area contributed by atoms with Crippen LogP contribution in [-0.2, 0) is 4.79 Å². The van der Waals surface area contributed by atoms with Crippen molar-refractivity contribution in [1.29, 1.82) is 0 Å². The van der Waals surface area contributed by atoms with Gasteiger partial charge >= 0.3 is 12.0 Å². The maximum Gasteiger partial charge on any atom is 0.319 e. The second-order valence-electron chi connectivity index (χ2n) is 5.10. The van der Waals surface area contributed by atoms with Crippen molar-refractivity contribution in [3.05, 3.63) is 0 Å². The molecule has 2 fully saturated rings. The molecule has 0 atom stereocenters. The van der Waals surface area contributed by atoms with Gasteiger partial charge in [-0.1, -0.05) is 0 Å². The lowest BCUT2D eigenvalue weighted by Crippen LogP contribution is -2.52. The van der Waals surface area contributed by atoms with Crippen molar-refractivity contribution in [2.24, 2.45) is 0 Å². The molecule has 0 aromatic carbocycles. The summed E-state index contributed by atoms with van der Waals surface area (Å²) in [5.41, 5.74) is 0. The molecule has 6 heteroatoms. The van der Waals surface area contributed by atoms with Crippen LogP contribution in [0.2, 0.25) is 0 Å². The number of hydrogen-bond donors (Lipinski definition) is 1. The Balaban J connectivity index is 1.73.